The molecule has 0 fully saturated rings. The van der Waals surface area contributed by atoms with Crippen molar-refractivity contribution in [2.45, 2.75) is 13.0 Å². The third-order valence-electron chi connectivity index (χ3n) is 2.78. The average Bonchev–Trinajstić information content (AvgIpc) is 3.03. The van der Waals surface area contributed by atoms with Crippen LogP contribution in [-0.4, -0.2) is 34.0 Å². The van der Waals surface area contributed by atoms with E-state index in [1.807, 2.05) is 12.1 Å². The van der Waals surface area contributed by atoms with Gasteiger partial charge in [0.25, 0.3) is 5.91 Å². The Bertz CT molecular complexity index is 640. The molecule has 108 valence electrons. The largest absolute Gasteiger partial charge is 0.352 e. The molecule has 2 rings (SSSR count). The smallest absolute Gasteiger partial charge is 0.251 e. The Hall–Kier alpha value is -2.65. The summed E-state index contributed by atoms with van der Waals surface area (Å²) in [5.74, 6) is 5.57. The average molecular weight is 283 g/mol. The fourth-order valence-corrected chi connectivity index (χ4v) is 1.79. The second-order valence-corrected chi connectivity index (χ2v) is 4.36. The summed E-state index contributed by atoms with van der Waals surface area (Å²) in [7, 11) is 0. The van der Waals surface area contributed by atoms with Gasteiger partial charge in [-0.15, -0.1) is 5.10 Å². The summed E-state index contributed by atoms with van der Waals surface area (Å²) in [6, 6.07) is 7.19. The summed E-state index contributed by atoms with van der Waals surface area (Å²) in [6.07, 6.45) is 4.22. The zero-order valence-corrected chi connectivity index (χ0v) is 11.6. The summed E-state index contributed by atoms with van der Waals surface area (Å²) < 4.78 is 1.73. The topological polar surface area (TPSA) is 85.8 Å². The summed E-state index contributed by atoms with van der Waals surface area (Å²) in [5, 5.41) is 10.5. The lowest BCUT2D eigenvalue weighted by atomic mass is 10.1. The first-order valence-corrected chi connectivity index (χ1v) is 6.71. The van der Waals surface area contributed by atoms with E-state index in [-0.39, 0.29) is 5.91 Å². The maximum absolute atomic E-state index is 12.0. The minimum absolute atomic E-state index is 0.106. The number of nitrogens with two attached hydrogens (primary N) is 1. The van der Waals surface area contributed by atoms with Gasteiger partial charge in [-0.05, 0) is 24.6 Å². The SMILES string of the molecule is NCC#Cc1cccc(C(=O)NCCCn2ccnn2)c1. The van der Waals surface area contributed by atoms with E-state index in [1.54, 1.807) is 29.2 Å². The van der Waals surface area contributed by atoms with Gasteiger partial charge in [0.2, 0.25) is 0 Å². The Kier molecular flexibility index (Phi) is 5.50. The van der Waals surface area contributed by atoms with Crippen LogP contribution in [0.3, 0.4) is 0 Å². The van der Waals surface area contributed by atoms with Gasteiger partial charge in [0, 0.05) is 30.4 Å². The lowest BCUT2D eigenvalue weighted by Gasteiger charge is -2.05. The zero-order valence-electron chi connectivity index (χ0n) is 11.6. The Balaban J connectivity index is 1.82. The number of hydrogen-bond donors (Lipinski definition) is 2. The Morgan fingerprint density at radius 2 is 2.33 bits per heavy atom. The molecule has 0 unspecified atom stereocenters. The van der Waals surface area contributed by atoms with Crippen LogP contribution >= 0.6 is 0 Å². The minimum atomic E-state index is -0.106. The normalized spacial score (nSPS) is 9.76. The number of benzene rings is 1. The van der Waals surface area contributed by atoms with Crippen LogP contribution in [0.5, 0.6) is 0 Å². The van der Waals surface area contributed by atoms with Gasteiger partial charge in [0.1, 0.15) is 0 Å². The van der Waals surface area contributed by atoms with E-state index in [0.29, 0.717) is 18.7 Å². The van der Waals surface area contributed by atoms with Crippen molar-refractivity contribution in [3.63, 3.8) is 0 Å². The first kappa shape index (κ1) is 14.8. The van der Waals surface area contributed by atoms with E-state index >= 15 is 0 Å². The van der Waals surface area contributed by atoms with Gasteiger partial charge in [-0.25, -0.2) is 0 Å². The molecule has 1 aromatic carbocycles. The molecule has 3 N–H and O–H groups in total. The van der Waals surface area contributed by atoms with E-state index in [9.17, 15) is 4.79 Å². The molecule has 0 aliphatic heterocycles. The number of carbonyl (C=O) groups is 1. The lowest BCUT2D eigenvalue weighted by Crippen LogP contribution is -2.25. The van der Waals surface area contributed by atoms with Gasteiger partial charge in [0.05, 0.1) is 12.7 Å². The van der Waals surface area contributed by atoms with E-state index < -0.39 is 0 Å². The van der Waals surface area contributed by atoms with Crippen LogP contribution in [0.15, 0.2) is 36.7 Å². The highest BCUT2D eigenvalue weighted by Gasteiger charge is 2.04. The molecule has 6 nitrogen and oxygen atoms in total. The first-order chi connectivity index (χ1) is 10.3. The quantitative estimate of drug-likeness (QED) is 0.614. The molecule has 0 saturated carbocycles. The van der Waals surface area contributed by atoms with Gasteiger partial charge in [-0.2, -0.15) is 0 Å². The van der Waals surface area contributed by atoms with Crippen molar-refractivity contribution in [3.05, 3.63) is 47.8 Å². The second-order valence-electron chi connectivity index (χ2n) is 4.36. The van der Waals surface area contributed by atoms with Crippen molar-refractivity contribution < 1.29 is 4.79 Å². The Morgan fingerprint density at radius 3 is 3.10 bits per heavy atom. The number of aromatic nitrogens is 3. The van der Waals surface area contributed by atoms with Gasteiger partial charge in [-0.1, -0.05) is 23.1 Å². The molecule has 1 heterocycles. The second kappa shape index (κ2) is 7.82. The van der Waals surface area contributed by atoms with Crippen LogP contribution in [0, 0.1) is 11.8 Å². The summed E-state index contributed by atoms with van der Waals surface area (Å²) in [6.45, 7) is 1.61. The molecule has 0 spiro atoms. The molecule has 1 amide bonds. The molecule has 2 aromatic rings. The van der Waals surface area contributed by atoms with Crippen LogP contribution in [0.25, 0.3) is 0 Å². The highest BCUT2D eigenvalue weighted by atomic mass is 16.1. The van der Waals surface area contributed by atoms with E-state index in [0.717, 1.165) is 18.5 Å². The van der Waals surface area contributed by atoms with Crippen molar-refractivity contribution in [3.8, 4) is 11.8 Å². The number of nitrogens with one attached hydrogen (secondary N) is 1. The molecule has 0 saturated heterocycles. The standard InChI is InChI=1S/C15H17N5O/c16-7-2-5-13-4-1-6-14(12-13)15(21)17-8-3-10-20-11-9-18-19-20/h1,4,6,9,11-12H,3,7-8,10,16H2,(H,17,21). The van der Waals surface area contributed by atoms with Gasteiger partial charge in [-0.3, -0.25) is 9.48 Å². The molecular formula is C15H17N5O. The van der Waals surface area contributed by atoms with Crippen molar-refractivity contribution in [1.82, 2.24) is 20.3 Å². The van der Waals surface area contributed by atoms with Crippen molar-refractivity contribution in [2.75, 3.05) is 13.1 Å². The van der Waals surface area contributed by atoms with Gasteiger partial charge < -0.3 is 11.1 Å². The maximum Gasteiger partial charge on any atom is 0.251 e. The van der Waals surface area contributed by atoms with Crippen LogP contribution in [0.4, 0.5) is 0 Å². The Morgan fingerprint density at radius 1 is 1.43 bits per heavy atom. The maximum atomic E-state index is 12.0. The zero-order chi connectivity index (χ0) is 14.9. The molecule has 0 aliphatic rings. The summed E-state index contributed by atoms with van der Waals surface area (Å²) >= 11 is 0. The number of carbonyl (C=O) groups excluding carboxylic acids is 1. The fourth-order valence-electron chi connectivity index (χ4n) is 1.79. The van der Waals surface area contributed by atoms with E-state index in [2.05, 4.69) is 27.5 Å². The van der Waals surface area contributed by atoms with Crippen molar-refractivity contribution in [2.24, 2.45) is 5.73 Å². The summed E-state index contributed by atoms with van der Waals surface area (Å²) in [4.78, 5) is 12.0. The number of hydrogen-bond acceptors (Lipinski definition) is 4. The molecule has 0 radical (unpaired) electrons. The number of aryl methyl sites for hydroxylation is 1. The third-order valence-corrected chi connectivity index (χ3v) is 2.78. The van der Waals surface area contributed by atoms with Crippen molar-refractivity contribution >= 4 is 5.91 Å². The molecule has 21 heavy (non-hydrogen) atoms. The monoisotopic (exact) mass is 283 g/mol. The molecular weight excluding hydrogens is 266 g/mol. The van der Waals surface area contributed by atoms with Crippen LogP contribution in [0.2, 0.25) is 0 Å². The van der Waals surface area contributed by atoms with Gasteiger partial charge >= 0.3 is 0 Å². The first-order valence-electron chi connectivity index (χ1n) is 6.71. The molecule has 0 atom stereocenters. The molecule has 0 aliphatic carbocycles. The number of nitrogens with zero attached hydrogens (tertiary/aromatic N) is 3. The van der Waals surface area contributed by atoms with Crippen LogP contribution in [-0.2, 0) is 6.54 Å². The predicted molar refractivity (Wildman–Crippen MR) is 79.3 cm³/mol. The predicted octanol–water partition coefficient (Wildman–Crippen LogP) is 0.408. The molecule has 0 bridgehead atoms. The summed E-state index contributed by atoms with van der Waals surface area (Å²) in [5.41, 5.74) is 6.72. The van der Waals surface area contributed by atoms with E-state index in [4.69, 9.17) is 5.73 Å². The van der Waals surface area contributed by atoms with E-state index in [1.165, 1.54) is 0 Å². The minimum Gasteiger partial charge on any atom is -0.352 e. The molecule has 1 aromatic heterocycles. The number of amides is 1. The fraction of sp³-hybridized carbons (Fsp3) is 0.267. The number of rotatable bonds is 5. The highest BCUT2D eigenvalue weighted by molar-refractivity contribution is 5.94. The van der Waals surface area contributed by atoms with Crippen molar-refractivity contribution in [1.29, 1.82) is 0 Å². The Labute approximate surface area is 123 Å². The lowest BCUT2D eigenvalue weighted by molar-refractivity contribution is 0.0952. The highest BCUT2D eigenvalue weighted by Crippen LogP contribution is 2.04. The van der Waals surface area contributed by atoms with Gasteiger partial charge in [0.15, 0.2) is 0 Å². The molecule has 6 heteroatoms. The van der Waals surface area contributed by atoms with Crippen LogP contribution in [0.1, 0.15) is 22.3 Å². The van der Waals surface area contributed by atoms with Crippen LogP contribution < -0.4 is 11.1 Å². The third kappa shape index (κ3) is 4.75.